The van der Waals surface area contributed by atoms with Crippen molar-refractivity contribution in [3.63, 3.8) is 0 Å². The summed E-state index contributed by atoms with van der Waals surface area (Å²) in [7, 11) is 0. The second-order valence-corrected chi connectivity index (χ2v) is 4.38. The number of fused-ring (bicyclic) bond motifs is 1. The summed E-state index contributed by atoms with van der Waals surface area (Å²) >= 11 is 0. The molecular weight excluding hydrogens is 250 g/mol. The molecule has 0 saturated carbocycles. The Hall–Kier alpha value is -2.22. The third-order valence-corrected chi connectivity index (χ3v) is 3.11. The van der Waals surface area contributed by atoms with Crippen LogP contribution in [0.15, 0.2) is 6.33 Å². The molecule has 0 radical (unpaired) electrons. The number of hydrogen-bond acceptors (Lipinski definition) is 6. The molecule has 19 heavy (non-hydrogen) atoms. The molecule has 0 spiro atoms. The molecule has 2 aromatic heterocycles. The first-order chi connectivity index (χ1) is 9.16. The van der Waals surface area contributed by atoms with Gasteiger partial charge in [-0.2, -0.15) is 0 Å². The van der Waals surface area contributed by atoms with E-state index in [0.29, 0.717) is 17.8 Å². The average Bonchev–Trinajstić information content (AvgIpc) is 2.84. The number of nitrogen functional groups attached to an aromatic ring is 1. The molecule has 1 atom stereocenters. The van der Waals surface area contributed by atoms with Crippen LogP contribution >= 0.6 is 0 Å². The highest BCUT2D eigenvalue weighted by atomic mass is 16.5. The van der Waals surface area contributed by atoms with Crippen LogP contribution < -0.4 is 5.73 Å². The van der Waals surface area contributed by atoms with Gasteiger partial charge in [0.2, 0.25) is 5.82 Å². The lowest BCUT2D eigenvalue weighted by Gasteiger charge is -2.23. The molecule has 2 aromatic rings. The maximum absolute atomic E-state index is 11.0. The lowest BCUT2D eigenvalue weighted by atomic mass is 10.2. The summed E-state index contributed by atoms with van der Waals surface area (Å²) in [6.07, 6.45) is 4.32. The zero-order chi connectivity index (χ0) is 13.4. The highest BCUT2D eigenvalue weighted by Crippen LogP contribution is 2.26. The van der Waals surface area contributed by atoms with Crippen LogP contribution in [0.4, 0.5) is 5.82 Å². The van der Waals surface area contributed by atoms with Crippen molar-refractivity contribution >= 4 is 23.0 Å². The second-order valence-electron chi connectivity index (χ2n) is 4.38. The van der Waals surface area contributed by atoms with E-state index in [-0.39, 0.29) is 17.9 Å². The molecule has 1 fully saturated rings. The summed E-state index contributed by atoms with van der Waals surface area (Å²) in [5.74, 6) is -1.48. The van der Waals surface area contributed by atoms with Crippen molar-refractivity contribution in [3.8, 4) is 0 Å². The number of aromatic carboxylic acids is 1. The molecule has 0 amide bonds. The molecule has 1 saturated heterocycles. The highest BCUT2D eigenvalue weighted by Gasteiger charge is 2.21. The van der Waals surface area contributed by atoms with E-state index < -0.39 is 5.97 Å². The number of ether oxygens (including phenoxy) is 1. The van der Waals surface area contributed by atoms with E-state index in [0.717, 1.165) is 19.3 Å². The predicted molar refractivity (Wildman–Crippen MR) is 65.5 cm³/mol. The van der Waals surface area contributed by atoms with Crippen molar-refractivity contribution < 1.29 is 14.6 Å². The molecule has 1 unspecified atom stereocenters. The van der Waals surface area contributed by atoms with Crippen LogP contribution in [0.1, 0.15) is 36.1 Å². The SMILES string of the molecule is Nc1nc(C(=O)O)nc2c1ncn2C1CCCCO1. The molecule has 8 heteroatoms. The Bertz CT molecular complexity index is 633. The molecule has 1 aliphatic heterocycles. The first-order valence-electron chi connectivity index (χ1n) is 6.02. The van der Waals surface area contributed by atoms with Gasteiger partial charge in [-0.15, -0.1) is 0 Å². The number of carboxylic acids is 1. The smallest absolute Gasteiger partial charge is 0.374 e. The van der Waals surface area contributed by atoms with Crippen LogP contribution in [0.2, 0.25) is 0 Å². The first-order valence-corrected chi connectivity index (χ1v) is 6.02. The van der Waals surface area contributed by atoms with Crippen LogP contribution in [-0.4, -0.2) is 37.2 Å². The van der Waals surface area contributed by atoms with Crippen molar-refractivity contribution in [2.45, 2.75) is 25.5 Å². The second kappa shape index (κ2) is 4.47. The number of nitrogens with zero attached hydrogens (tertiary/aromatic N) is 4. The summed E-state index contributed by atoms with van der Waals surface area (Å²) in [5.41, 5.74) is 6.51. The zero-order valence-electron chi connectivity index (χ0n) is 10.1. The van der Waals surface area contributed by atoms with Crippen LogP contribution in [-0.2, 0) is 4.74 Å². The average molecular weight is 263 g/mol. The van der Waals surface area contributed by atoms with Gasteiger partial charge >= 0.3 is 5.97 Å². The topological polar surface area (TPSA) is 116 Å². The molecule has 0 aliphatic carbocycles. The van der Waals surface area contributed by atoms with Gasteiger partial charge in [0.25, 0.3) is 0 Å². The lowest BCUT2D eigenvalue weighted by molar-refractivity contribution is -0.0298. The van der Waals surface area contributed by atoms with Gasteiger partial charge in [-0.25, -0.2) is 19.7 Å². The zero-order valence-corrected chi connectivity index (χ0v) is 10.1. The molecule has 3 rings (SSSR count). The van der Waals surface area contributed by atoms with E-state index in [9.17, 15) is 4.79 Å². The summed E-state index contributed by atoms with van der Waals surface area (Å²) in [6.45, 7) is 0.677. The number of rotatable bonds is 2. The summed E-state index contributed by atoms with van der Waals surface area (Å²) in [6, 6.07) is 0. The fraction of sp³-hybridized carbons (Fsp3) is 0.455. The number of carboxylic acid groups (broad SMARTS) is 1. The minimum absolute atomic E-state index is 0.0666. The highest BCUT2D eigenvalue weighted by molar-refractivity contribution is 5.89. The summed E-state index contributed by atoms with van der Waals surface area (Å²) in [4.78, 5) is 22.8. The molecule has 3 N–H and O–H groups in total. The summed E-state index contributed by atoms with van der Waals surface area (Å²) < 4.78 is 7.37. The first kappa shape index (κ1) is 11.8. The van der Waals surface area contributed by atoms with Crippen molar-refractivity contribution in [3.05, 3.63) is 12.2 Å². The van der Waals surface area contributed by atoms with E-state index in [1.807, 2.05) is 0 Å². The molecule has 3 heterocycles. The monoisotopic (exact) mass is 263 g/mol. The molecule has 0 aromatic carbocycles. The molecule has 100 valence electrons. The quantitative estimate of drug-likeness (QED) is 0.823. The van der Waals surface area contributed by atoms with Gasteiger partial charge in [0.15, 0.2) is 11.5 Å². The van der Waals surface area contributed by atoms with E-state index in [1.54, 1.807) is 10.9 Å². The normalized spacial score (nSPS) is 19.7. The van der Waals surface area contributed by atoms with Gasteiger partial charge in [-0.05, 0) is 19.3 Å². The standard InChI is InChI=1S/C11H13N5O3/c12-8-7-10(15-9(14-8)11(17)18)16(5-13-7)6-3-1-2-4-19-6/h5-6H,1-4H2,(H,17,18)(H2,12,14,15). The summed E-state index contributed by atoms with van der Waals surface area (Å²) in [5, 5.41) is 8.97. The van der Waals surface area contributed by atoms with Crippen LogP contribution in [0.3, 0.4) is 0 Å². The predicted octanol–water partition coefficient (Wildman–Crippen LogP) is 0.806. The Kier molecular flexibility index (Phi) is 2.79. The lowest BCUT2D eigenvalue weighted by Crippen LogP contribution is -2.18. The number of anilines is 1. The van der Waals surface area contributed by atoms with E-state index >= 15 is 0 Å². The number of imidazole rings is 1. The Morgan fingerprint density at radius 3 is 3.00 bits per heavy atom. The number of carbonyl (C=O) groups is 1. The third-order valence-electron chi connectivity index (χ3n) is 3.11. The van der Waals surface area contributed by atoms with Gasteiger partial charge in [-0.1, -0.05) is 0 Å². The van der Waals surface area contributed by atoms with Crippen LogP contribution in [0, 0.1) is 0 Å². The molecule has 1 aliphatic rings. The molecule has 0 bridgehead atoms. The Balaban J connectivity index is 2.12. The number of aromatic nitrogens is 4. The minimum Gasteiger partial charge on any atom is -0.475 e. The van der Waals surface area contributed by atoms with Gasteiger partial charge in [0, 0.05) is 6.61 Å². The maximum Gasteiger partial charge on any atom is 0.374 e. The molecular formula is C11H13N5O3. The van der Waals surface area contributed by atoms with Crippen molar-refractivity contribution in [2.75, 3.05) is 12.3 Å². The van der Waals surface area contributed by atoms with Gasteiger partial charge < -0.3 is 15.6 Å². The number of nitrogens with two attached hydrogens (primary N) is 1. The Morgan fingerprint density at radius 1 is 1.47 bits per heavy atom. The third kappa shape index (κ3) is 1.99. The van der Waals surface area contributed by atoms with Crippen LogP contribution in [0.5, 0.6) is 0 Å². The fourth-order valence-electron chi connectivity index (χ4n) is 2.19. The van der Waals surface area contributed by atoms with Gasteiger partial charge in [0.05, 0.1) is 6.33 Å². The minimum atomic E-state index is -1.22. The Morgan fingerprint density at radius 2 is 2.32 bits per heavy atom. The maximum atomic E-state index is 11.0. The van der Waals surface area contributed by atoms with E-state index in [2.05, 4.69) is 15.0 Å². The fourth-order valence-corrected chi connectivity index (χ4v) is 2.19. The largest absolute Gasteiger partial charge is 0.475 e. The number of hydrogen-bond donors (Lipinski definition) is 2. The van der Waals surface area contributed by atoms with E-state index in [1.165, 1.54) is 0 Å². The van der Waals surface area contributed by atoms with Crippen molar-refractivity contribution in [1.82, 2.24) is 19.5 Å². The van der Waals surface area contributed by atoms with E-state index in [4.69, 9.17) is 15.6 Å². The molecule has 8 nitrogen and oxygen atoms in total. The van der Waals surface area contributed by atoms with Gasteiger partial charge in [0.1, 0.15) is 11.7 Å². The van der Waals surface area contributed by atoms with Crippen molar-refractivity contribution in [2.24, 2.45) is 0 Å². The van der Waals surface area contributed by atoms with Crippen molar-refractivity contribution in [1.29, 1.82) is 0 Å². The van der Waals surface area contributed by atoms with Gasteiger partial charge in [-0.3, -0.25) is 4.57 Å². The van der Waals surface area contributed by atoms with Crippen LogP contribution in [0.25, 0.3) is 11.2 Å². The Labute approximate surface area is 108 Å².